The maximum atomic E-state index is 5.65. The summed E-state index contributed by atoms with van der Waals surface area (Å²) in [5.41, 5.74) is 1.03. The molecule has 1 N–H and O–H groups in total. The molecule has 0 aliphatic carbocycles. The highest BCUT2D eigenvalue weighted by molar-refractivity contribution is 9.11. The monoisotopic (exact) mass is 362 g/mol. The maximum absolute atomic E-state index is 5.65. The summed E-state index contributed by atoms with van der Waals surface area (Å²) in [6.07, 6.45) is 4.50. The van der Waals surface area contributed by atoms with Crippen LogP contribution in [-0.4, -0.2) is 23.7 Å². The summed E-state index contributed by atoms with van der Waals surface area (Å²) >= 11 is 6.91. The molecule has 0 radical (unpaired) electrons. The molecular formula is C12H16Br2N2O. The fourth-order valence-corrected chi connectivity index (χ4v) is 3.09. The third-order valence-electron chi connectivity index (χ3n) is 3.00. The maximum Gasteiger partial charge on any atom is 0.0726 e. The van der Waals surface area contributed by atoms with Crippen LogP contribution in [0, 0.1) is 0 Å². The van der Waals surface area contributed by atoms with E-state index in [0.29, 0.717) is 12.1 Å². The van der Waals surface area contributed by atoms with E-state index in [1.165, 1.54) is 6.42 Å². The van der Waals surface area contributed by atoms with Crippen LogP contribution in [0.3, 0.4) is 0 Å². The largest absolute Gasteiger partial charge is 0.377 e. The minimum atomic E-state index is 0.351. The third kappa shape index (κ3) is 3.74. The Hall–Kier alpha value is 0.0300. The number of ether oxygens (including phenoxy) is 1. The molecule has 2 rings (SSSR count). The van der Waals surface area contributed by atoms with E-state index < -0.39 is 0 Å². The predicted molar refractivity (Wildman–Crippen MR) is 74.9 cm³/mol. The molecule has 5 heteroatoms. The summed E-state index contributed by atoms with van der Waals surface area (Å²) in [6, 6.07) is 2.38. The fourth-order valence-electron chi connectivity index (χ4n) is 1.96. The van der Waals surface area contributed by atoms with Gasteiger partial charge in [-0.2, -0.15) is 0 Å². The Balaban J connectivity index is 1.88. The van der Waals surface area contributed by atoms with Gasteiger partial charge in [0.05, 0.1) is 11.8 Å². The highest BCUT2D eigenvalue weighted by atomic mass is 79.9. The van der Waals surface area contributed by atoms with Crippen molar-refractivity contribution in [3.63, 3.8) is 0 Å². The lowest BCUT2D eigenvalue weighted by atomic mass is 10.1. The number of hydrogen-bond donors (Lipinski definition) is 1. The Morgan fingerprint density at radius 1 is 1.59 bits per heavy atom. The van der Waals surface area contributed by atoms with Gasteiger partial charge in [0.1, 0.15) is 0 Å². The SMILES string of the molecule is CC(NCc1ncc(Br)cc1Br)C1CCCO1. The van der Waals surface area contributed by atoms with Gasteiger partial charge < -0.3 is 10.1 Å². The van der Waals surface area contributed by atoms with Gasteiger partial charge >= 0.3 is 0 Å². The molecular weight excluding hydrogens is 348 g/mol. The van der Waals surface area contributed by atoms with Gasteiger partial charge in [0, 0.05) is 34.3 Å². The van der Waals surface area contributed by atoms with Crippen molar-refractivity contribution in [3.8, 4) is 0 Å². The zero-order chi connectivity index (χ0) is 12.3. The predicted octanol–water partition coefficient (Wildman–Crippen LogP) is 3.26. The minimum Gasteiger partial charge on any atom is -0.377 e. The molecule has 1 aromatic heterocycles. The van der Waals surface area contributed by atoms with E-state index in [1.807, 2.05) is 12.3 Å². The van der Waals surface area contributed by atoms with Crippen molar-refractivity contribution in [2.24, 2.45) is 0 Å². The van der Waals surface area contributed by atoms with Crippen LogP contribution in [0.4, 0.5) is 0 Å². The fraction of sp³-hybridized carbons (Fsp3) is 0.583. The standard InChI is InChI=1S/C12H16Br2N2O/c1-8(12-3-2-4-17-12)15-7-11-10(14)5-9(13)6-16-11/h5-6,8,12,15H,2-4,7H2,1H3. The highest BCUT2D eigenvalue weighted by Gasteiger charge is 2.21. The van der Waals surface area contributed by atoms with E-state index in [4.69, 9.17) is 4.74 Å². The van der Waals surface area contributed by atoms with Crippen LogP contribution in [0.25, 0.3) is 0 Å². The molecule has 2 atom stereocenters. The van der Waals surface area contributed by atoms with E-state index in [1.54, 1.807) is 0 Å². The molecule has 1 aliphatic heterocycles. The van der Waals surface area contributed by atoms with E-state index in [9.17, 15) is 0 Å². The van der Waals surface area contributed by atoms with E-state index >= 15 is 0 Å². The van der Waals surface area contributed by atoms with E-state index in [2.05, 4.69) is 49.1 Å². The Bertz CT molecular complexity index is 381. The highest BCUT2D eigenvalue weighted by Crippen LogP contribution is 2.20. The van der Waals surface area contributed by atoms with Crippen molar-refractivity contribution in [1.29, 1.82) is 0 Å². The molecule has 94 valence electrons. The minimum absolute atomic E-state index is 0.351. The topological polar surface area (TPSA) is 34.2 Å². The number of rotatable bonds is 4. The molecule has 0 spiro atoms. The molecule has 3 nitrogen and oxygen atoms in total. The molecule has 0 bridgehead atoms. The number of nitrogens with zero attached hydrogens (tertiary/aromatic N) is 1. The number of halogens is 2. The second-order valence-electron chi connectivity index (χ2n) is 4.30. The van der Waals surface area contributed by atoms with Crippen LogP contribution < -0.4 is 5.32 Å². The summed E-state index contributed by atoms with van der Waals surface area (Å²) < 4.78 is 7.66. The number of aromatic nitrogens is 1. The van der Waals surface area contributed by atoms with Gasteiger partial charge in [-0.15, -0.1) is 0 Å². The van der Waals surface area contributed by atoms with Gasteiger partial charge in [-0.05, 0) is 57.7 Å². The van der Waals surface area contributed by atoms with Crippen LogP contribution in [0.15, 0.2) is 21.2 Å². The number of pyridine rings is 1. The molecule has 1 saturated heterocycles. The average Bonchev–Trinajstić information content (AvgIpc) is 2.81. The van der Waals surface area contributed by atoms with Gasteiger partial charge in [-0.3, -0.25) is 4.98 Å². The second-order valence-corrected chi connectivity index (χ2v) is 6.07. The van der Waals surface area contributed by atoms with Crippen LogP contribution in [-0.2, 0) is 11.3 Å². The molecule has 0 amide bonds. The van der Waals surface area contributed by atoms with Gasteiger partial charge in [-0.25, -0.2) is 0 Å². The third-order valence-corrected chi connectivity index (χ3v) is 4.12. The Labute approximate surface area is 119 Å². The lowest BCUT2D eigenvalue weighted by molar-refractivity contribution is 0.0831. The summed E-state index contributed by atoms with van der Waals surface area (Å²) in [7, 11) is 0. The number of hydrogen-bond acceptors (Lipinski definition) is 3. The molecule has 1 fully saturated rings. The zero-order valence-corrected chi connectivity index (χ0v) is 12.9. The molecule has 0 aromatic carbocycles. The molecule has 0 saturated carbocycles. The summed E-state index contributed by atoms with van der Waals surface area (Å²) in [5, 5.41) is 3.47. The average molecular weight is 364 g/mol. The lowest BCUT2D eigenvalue weighted by Crippen LogP contribution is -2.36. The van der Waals surface area contributed by atoms with Crippen LogP contribution in [0.1, 0.15) is 25.5 Å². The molecule has 2 heterocycles. The van der Waals surface area contributed by atoms with Gasteiger partial charge in [-0.1, -0.05) is 0 Å². The van der Waals surface area contributed by atoms with E-state index in [0.717, 1.165) is 34.2 Å². The first kappa shape index (κ1) is 13.5. The van der Waals surface area contributed by atoms with Gasteiger partial charge in [0.15, 0.2) is 0 Å². The summed E-state index contributed by atoms with van der Waals surface area (Å²) in [4.78, 5) is 4.38. The van der Waals surface area contributed by atoms with Crippen LogP contribution in [0.5, 0.6) is 0 Å². The van der Waals surface area contributed by atoms with Gasteiger partial charge in [0.25, 0.3) is 0 Å². The van der Waals surface area contributed by atoms with Crippen molar-refractivity contribution in [1.82, 2.24) is 10.3 Å². The van der Waals surface area contributed by atoms with Crippen molar-refractivity contribution in [2.45, 2.75) is 38.5 Å². The molecule has 1 aromatic rings. The lowest BCUT2D eigenvalue weighted by Gasteiger charge is -2.20. The molecule has 17 heavy (non-hydrogen) atoms. The Morgan fingerprint density at radius 2 is 2.41 bits per heavy atom. The van der Waals surface area contributed by atoms with Gasteiger partial charge in [0.2, 0.25) is 0 Å². The van der Waals surface area contributed by atoms with Crippen molar-refractivity contribution in [2.75, 3.05) is 6.61 Å². The van der Waals surface area contributed by atoms with Crippen LogP contribution >= 0.6 is 31.9 Å². The van der Waals surface area contributed by atoms with Crippen molar-refractivity contribution < 1.29 is 4.74 Å². The zero-order valence-electron chi connectivity index (χ0n) is 9.75. The molecule has 2 unspecified atom stereocenters. The van der Waals surface area contributed by atoms with Crippen LogP contribution in [0.2, 0.25) is 0 Å². The first-order valence-corrected chi connectivity index (χ1v) is 7.40. The quantitative estimate of drug-likeness (QED) is 0.891. The smallest absolute Gasteiger partial charge is 0.0726 e. The summed E-state index contributed by atoms with van der Waals surface area (Å²) in [6.45, 7) is 3.83. The first-order valence-electron chi connectivity index (χ1n) is 5.81. The number of nitrogens with one attached hydrogen (secondary N) is 1. The van der Waals surface area contributed by atoms with E-state index in [-0.39, 0.29) is 0 Å². The van der Waals surface area contributed by atoms with Crippen molar-refractivity contribution >= 4 is 31.9 Å². The Kier molecular flexibility index (Phi) is 4.97. The molecule has 1 aliphatic rings. The first-order chi connectivity index (χ1) is 8.16. The summed E-state index contributed by atoms with van der Waals surface area (Å²) in [5.74, 6) is 0. The Morgan fingerprint density at radius 3 is 3.06 bits per heavy atom. The van der Waals surface area contributed by atoms with Crippen molar-refractivity contribution in [3.05, 3.63) is 26.9 Å². The normalized spacial score (nSPS) is 21.7. The second kappa shape index (κ2) is 6.27.